The molecule has 2 rings (SSSR count). The highest BCUT2D eigenvalue weighted by atomic mass is 15.1. The molecule has 0 saturated heterocycles. The Morgan fingerprint density at radius 2 is 2.06 bits per heavy atom. The number of hydrogen-bond acceptors (Lipinski definition) is 2. The molecule has 1 unspecified atom stereocenters. The van der Waals surface area contributed by atoms with Crippen LogP contribution in [0.4, 0.5) is 0 Å². The first-order valence-electron chi connectivity index (χ1n) is 6.82. The Hall–Kier alpha value is -0.860. The molecule has 1 aliphatic heterocycles. The third-order valence-electron chi connectivity index (χ3n) is 3.76. The van der Waals surface area contributed by atoms with Crippen molar-refractivity contribution in [3.8, 4) is 0 Å². The summed E-state index contributed by atoms with van der Waals surface area (Å²) in [5, 5.41) is 0. The number of benzene rings is 1. The fraction of sp³-hybridized carbons (Fsp3) is 0.600. The van der Waals surface area contributed by atoms with Crippen molar-refractivity contribution in [3.05, 3.63) is 35.4 Å². The van der Waals surface area contributed by atoms with Gasteiger partial charge in [-0.1, -0.05) is 37.6 Å². The predicted octanol–water partition coefficient (Wildman–Crippen LogP) is 2.42. The minimum absolute atomic E-state index is 0.672. The van der Waals surface area contributed by atoms with E-state index in [1.54, 1.807) is 0 Å². The number of nitrogens with zero attached hydrogens (tertiary/aromatic N) is 1. The predicted molar refractivity (Wildman–Crippen MR) is 72.9 cm³/mol. The summed E-state index contributed by atoms with van der Waals surface area (Å²) in [5.74, 6) is 0.672. The van der Waals surface area contributed by atoms with Crippen LogP contribution in [-0.2, 0) is 13.0 Å². The molecule has 1 aromatic rings. The van der Waals surface area contributed by atoms with Gasteiger partial charge in [0, 0.05) is 19.6 Å². The van der Waals surface area contributed by atoms with Crippen molar-refractivity contribution < 1.29 is 0 Å². The second-order valence-corrected chi connectivity index (χ2v) is 5.14. The summed E-state index contributed by atoms with van der Waals surface area (Å²) in [7, 11) is 0. The van der Waals surface area contributed by atoms with E-state index in [4.69, 9.17) is 5.73 Å². The molecular weight excluding hydrogens is 208 g/mol. The number of hydrogen-bond donors (Lipinski definition) is 1. The Kier molecular flexibility index (Phi) is 4.57. The monoisotopic (exact) mass is 232 g/mol. The SMILES string of the molecule is CCCC(CN)CN1CCc2ccccc2C1. The van der Waals surface area contributed by atoms with Crippen molar-refractivity contribution in [3.63, 3.8) is 0 Å². The molecule has 0 aromatic heterocycles. The molecule has 0 spiro atoms. The van der Waals surface area contributed by atoms with E-state index in [1.807, 2.05) is 0 Å². The molecule has 1 atom stereocenters. The van der Waals surface area contributed by atoms with Gasteiger partial charge < -0.3 is 5.73 Å². The number of nitrogens with two attached hydrogens (primary N) is 1. The zero-order chi connectivity index (χ0) is 12.1. The van der Waals surface area contributed by atoms with Crippen molar-refractivity contribution in [2.24, 2.45) is 11.7 Å². The van der Waals surface area contributed by atoms with E-state index in [1.165, 1.54) is 43.5 Å². The molecule has 2 nitrogen and oxygen atoms in total. The van der Waals surface area contributed by atoms with Crippen LogP contribution in [0.2, 0.25) is 0 Å². The van der Waals surface area contributed by atoms with Gasteiger partial charge >= 0.3 is 0 Å². The lowest BCUT2D eigenvalue weighted by molar-refractivity contribution is 0.210. The van der Waals surface area contributed by atoms with Crippen LogP contribution in [0.5, 0.6) is 0 Å². The van der Waals surface area contributed by atoms with Crippen LogP contribution in [0.3, 0.4) is 0 Å². The summed E-state index contributed by atoms with van der Waals surface area (Å²) >= 11 is 0. The van der Waals surface area contributed by atoms with Gasteiger partial charge in [-0.15, -0.1) is 0 Å². The summed E-state index contributed by atoms with van der Waals surface area (Å²) in [6, 6.07) is 8.82. The van der Waals surface area contributed by atoms with Gasteiger partial charge in [0.05, 0.1) is 0 Å². The van der Waals surface area contributed by atoms with Crippen molar-refractivity contribution in [1.82, 2.24) is 4.90 Å². The normalized spacial score (nSPS) is 17.8. The molecule has 0 bridgehead atoms. The van der Waals surface area contributed by atoms with Gasteiger partial charge in [0.25, 0.3) is 0 Å². The third-order valence-corrected chi connectivity index (χ3v) is 3.76. The van der Waals surface area contributed by atoms with E-state index in [-0.39, 0.29) is 0 Å². The second kappa shape index (κ2) is 6.18. The maximum Gasteiger partial charge on any atom is 0.0236 e. The zero-order valence-electron chi connectivity index (χ0n) is 10.9. The topological polar surface area (TPSA) is 29.3 Å². The maximum absolute atomic E-state index is 5.84. The Bertz CT molecular complexity index is 349. The fourth-order valence-electron chi connectivity index (χ4n) is 2.77. The molecule has 1 aliphatic rings. The summed E-state index contributed by atoms with van der Waals surface area (Å²) in [5.41, 5.74) is 8.88. The van der Waals surface area contributed by atoms with Crippen LogP contribution in [0.25, 0.3) is 0 Å². The molecule has 2 N–H and O–H groups in total. The van der Waals surface area contributed by atoms with E-state index in [2.05, 4.69) is 36.1 Å². The molecule has 0 fully saturated rings. The fourth-order valence-corrected chi connectivity index (χ4v) is 2.77. The Morgan fingerprint density at radius 3 is 2.76 bits per heavy atom. The highest BCUT2D eigenvalue weighted by Gasteiger charge is 2.18. The average molecular weight is 232 g/mol. The van der Waals surface area contributed by atoms with Gasteiger partial charge in [-0.3, -0.25) is 4.90 Å². The van der Waals surface area contributed by atoms with Crippen molar-refractivity contribution in [1.29, 1.82) is 0 Å². The van der Waals surface area contributed by atoms with Gasteiger partial charge in [-0.05, 0) is 36.4 Å². The first-order valence-corrected chi connectivity index (χ1v) is 6.82. The molecule has 0 aliphatic carbocycles. The minimum atomic E-state index is 0.672. The molecule has 17 heavy (non-hydrogen) atoms. The first kappa shape index (κ1) is 12.6. The standard InChI is InChI=1S/C15H24N2/c1-2-5-13(10-16)11-17-9-8-14-6-3-4-7-15(14)12-17/h3-4,6-7,13H,2,5,8-12,16H2,1H3. The third kappa shape index (κ3) is 3.30. The molecule has 2 heteroatoms. The van der Waals surface area contributed by atoms with Crippen LogP contribution in [-0.4, -0.2) is 24.5 Å². The lowest BCUT2D eigenvalue weighted by Gasteiger charge is -2.31. The average Bonchev–Trinajstić information content (AvgIpc) is 2.38. The summed E-state index contributed by atoms with van der Waals surface area (Å²) in [4.78, 5) is 2.56. The molecular formula is C15H24N2. The van der Waals surface area contributed by atoms with Crippen LogP contribution < -0.4 is 5.73 Å². The van der Waals surface area contributed by atoms with Crippen molar-refractivity contribution >= 4 is 0 Å². The molecule has 0 saturated carbocycles. The van der Waals surface area contributed by atoms with Gasteiger partial charge in [0.15, 0.2) is 0 Å². The Labute approximate surface area is 105 Å². The quantitative estimate of drug-likeness (QED) is 0.845. The molecule has 0 amide bonds. The highest BCUT2D eigenvalue weighted by Crippen LogP contribution is 2.20. The zero-order valence-corrected chi connectivity index (χ0v) is 10.9. The molecule has 1 heterocycles. The lowest BCUT2D eigenvalue weighted by atomic mass is 9.97. The van der Waals surface area contributed by atoms with E-state index in [0.717, 1.165) is 13.1 Å². The summed E-state index contributed by atoms with van der Waals surface area (Å²) in [6.45, 7) is 6.53. The van der Waals surface area contributed by atoms with Crippen molar-refractivity contribution in [2.45, 2.75) is 32.7 Å². The van der Waals surface area contributed by atoms with Crippen molar-refractivity contribution in [2.75, 3.05) is 19.6 Å². The summed E-state index contributed by atoms with van der Waals surface area (Å²) < 4.78 is 0. The van der Waals surface area contributed by atoms with Gasteiger partial charge in [-0.25, -0.2) is 0 Å². The second-order valence-electron chi connectivity index (χ2n) is 5.14. The van der Waals surface area contributed by atoms with Crippen LogP contribution >= 0.6 is 0 Å². The number of rotatable bonds is 5. The molecule has 94 valence electrons. The molecule has 0 radical (unpaired) electrons. The van der Waals surface area contributed by atoms with E-state index in [9.17, 15) is 0 Å². The smallest absolute Gasteiger partial charge is 0.0236 e. The van der Waals surface area contributed by atoms with E-state index in [0.29, 0.717) is 5.92 Å². The minimum Gasteiger partial charge on any atom is -0.330 e. The van der Waals surface area contributed by atoms with Gasteiger partial charge in [0.2, 0.25) is 0 Å². The van der Waals surface area contributed by atoms with Crippen LogP contribution in [0, 0.1) is 5.92 Å². The summed E-state index contributed by atoms with van der Waals surface area (Å²) in [6.07, 6.45) is 3.69. The molecule has 1 aromatic carbocycles. The van der Waals surface area contributed by atoms with Gasteiger partial charge in [0.1, 0.15) is 0 Å². The Morgan fingerprint density at radius 1 is 1.29 bits per heavy atom. The Balaban J connectivity index is 1.93. The van der Waals surface area contributed by atoms with Crippen LogP contribution in [0.1, 0.15) is 30.9 Å². The lowest BCUT2D eigenvalue weighted by Crippen LogP contribution is -2.36. The van der Waals surface area contributed by atoms with E-state index >= 15 is 0 Å². The number of fused-ring (bicyclic) bond motifs is 1. The maximum atomic E-state index is 5.84. The van der Waals surface area contributed by atoms with Crippen LogP contribution in [0.15, 0.2) is 24.3 Å². The van der Waals surface area contributed by atoms with Gasteiger partial charge in [-0.2, -0.15) is 0 Å². The van der Waals surface area contributed by atoms with E-state index < -0.39 is 0 Å². The first-order chi connectivity index (χ1) is 8.33. The highest BCUT2D eigenvalue weighted by molar-refractivity contribution is 5.29. The largest absolute Gasteiger partial charge is 0.330 e.